The van der Waals surface area contributed by atoms with Crippen LogP contribution >= 0.6 is 11.3 Å². The standard InChI is InChI=1S/C52H31N5S/c53-32-33-21-23-36(24-22-33)50-54-51(37-27-25-35(26-28-37)39-16-10-17-43-42-15-6-9-20-48(42)58-49(39)43)56-52(55-50)44-30-29-38(34-11-2-1-3-12-34)31-47(44)57-45-18-7-4-13-40(45)41-14-5-8-19-46(41)57/h1-31H. The number of benzene rings is 8. The molecule has 0 saturated heterocycles. The van der Waals surface area contributed by atoms with Gasteiger partial charge in [0.05, 0.1) is 28.4 Å². The smallest absolute Gasteiger partial charge is 0.166 e. The predicted octanol–water partition coefficient (Wildman–Crippen LogP) is 13.5. The molecule has 11 aromatic rings. The summed E-state index contributed by atoms with van der Waals surface area (Å²) in [6.07, 6.45) is 0. The summed E-state index contributed by atoms with van der Waals surface area (Å²) >= 11 is 1.83. The third kappa shape index (κ3) is 5.64. The Kier molecular flexibility index (Phi) is 7.99. The molecule has 3 heterocycles. The second-order valence-corrected chi connectivity index (χ2v) is 15.4. The zero-order valence-corrected chi connectivity index (χ0v) is 31.9. The Labute approximate surface area is 338 Å². The van der Waals surface area contributed by atoms with Crippen LogP contribution in [-0.2, 0) is 0 Å². The van der Waals surface area contributed by atoms with E-state index in [0.29, 0.717) is 23.0 Å². The van der Waals surface area contributed by atoms with Gasteiger partial charge in [0, 0.05) is 47.6 Å². The van der Waals surface area contributed by atoms with Crippen molar-refractivity contribution in [3.05, 3.63) is 194 Å². The van der Waals surface area contributed by atoms with Crippen molar-refractivity contribution in [2.45, 2.75) is 0 Å². The Morgan fingerprint density at radius 3 is 1.66 bits per heavy atom. The Balaban J connectivity index is 1.12. The molecule has 6 heteroatoms. The van der Waals surface area contributed by atoms with Gasteiger partial charge in [-0.2, -0.15) is 5.26 Å². The van der Waals surface area contributed by atoms with Crippen LogP contribution in [0.2, 0.25) is 0 Å². The maximum atomic E-state index is 9.57. The summed E-state index contributed by atoms with van der Waals surface area (Å²) in [7, 11) is 0. The highest BCUT2D eigenvalue weighted by atomic mass is 32.1. The van der Waals surface area contributed by atoms with Crippen molar-refractivity contribution in [1.29, 1.82) is 5.26 Å². The number of nitriles is 1. The molecule has 3 aromatic heterocycles. The minimum absolute atomic E-state index is 0.531. The highest BCUT2D eigenvalue weighted by Gasteiger charge is 2.20. The van der Waals surface area contributed by atoms with Gasteiger partial charge in [-0.05, 0) is 76.9 Å². The van der Waals surface area contributed by atoms with E-state index in [4.69, 9.17) is 15.0 Å². The molecule has 0 amide bonds. The molecule has 0 bridgehead atoms. The summed E-state index contributed by atoms with van der Waals surface area (Å²) in [5.41, 5.74) is 10.8. The second kappa shape index (κ2) is 13.8. The minimum atomic E-state index is 0.531. The Hall–Kier alpha value is -7.72. The molecule has 0 aliphatic heterocycles. The normalized spacial score (nSPS) is 11.4. The molecule has 0 unspecified atom stereocenters. The van der Waals surface area contributed by atoms with Crippen molar-refractivity contribution >= 4 is 53.3 Å². The molecule has 0 aliphatic rings. The highest BCUT2D eigenvalue weighted by molar-refractivity contribution is 7.26. The van der Waals surface area contributed by atoms with Crippen LogP contribution in [0.5, 0.6) is 0 Å². The molecule has 0 fully saturated rings. The van der Waals surface area contributed by atoms with Crippen LogP contribution in [0, 0.1) is 11.3 Å². The first kappa shape index (κ1) is 33.6. The fourth-order valence-electron chi connectivity index (χ4n) is 8.12. The van der Waals surface area contributed by atoms with E-state index in [1.165, 1.54) is 36.5 Å². The Bertz CT molecular complexity index is 3340. The summed E-state index contributed by atoms with van der Waals surface area (Å²) in [6, 6.07) is 67.4. The fourth-order valence-corrected chi connectivity index (χ4v) is 9.36. The molecule has 270 valence electrons. The Morgan fingerprint density at radius 2 is 0.966 bits per heavy atom. The van der Waals surface area contributed by atoms with E-state index in [-0.39, 0.29) is 0 Å². The maximum absolute atomic E-state index is 9.57. The lowest BCUT2D eigenvalue weighted by atomic mass is 10.0. The van der Waals surface area contributed by atoms with E-state index in [1.54, 1.807) is 12.1 Å². The van der Waals surface area contributed by atoms with Gasteiger partial charge in [-0.3, -0.25) is 0 Å². The zero-order valence-electron chi connectivity index (χ0n) is 31.0. The Morgan fingerprint density at radius 1 is 0.414 bits per heavy atom. The van der Waals surface area contributed by atoms with Crippen LogP contribution in [-0.4, -0.2) is 19.5 Å². The van der Waals surface area contributed by atoms with E-state index in [9.17, 15) is 5.26 Å². The van der Waals surface area contributed by atoms with E-state index in [2.05, 4.69) is 168 Å². The monoisotopic (exact) mass is 757 g/mol. The first-order valence-corrected chi connectivity index (χ1v) is 20.0. The van der Waals surface area contributed by atoms with Gasteiger partial charge in [0.15, 0.2) is 17.5 Å². The van der Waals surface area contributed by atoms with Crippen molar-refractivity contribution in [2.24, 2.45) is 0 Å². The highest BCUT2D eigenvalue weighted by Crippen LogP contribution is 2.41. The lowest BCUT2D eigenvalue weighted by Gasteiger charge is -2.16. The van der Waals surface area contributed by atoms with Gasteiger partial charge in [0.2, 0.25) is 0 Å². The molecule has 58 heavy (non-hydrogen) atoms. The van der Waals surface area contributed by atoms with Crippen LogP contribution in [0.4, 0.5) is 0 Å². The topological polar surface area (TPSA) is 67.4 Å². The number of hydrogen-bond donors (Lipinski definition) is 0. The van der Waals surface area contributed by atoms with E-state index >= 15 is 0 Å². The SMILES string of the molecule is N#Cc1ccc(-c2nc(-c3ccc(-c4cccc5c4sc4ccccc45)cc3)nc(-c3ccc(-c4ccccc4)cc3-n3c4ccccc4c4ccccc43)n2)cc1. The third-order valence-corrected chi connectivity index (χ3v) is 12.2. The van der Waals surface area contributed by atoms with Gasteiger partial charge in [-0.1, -0.05) is 133 Å². The van der Waals surface area contributed by atoms with E-state index in [1.807, 2.05) is 29.5 Å². The fraction of sp³-hybridized carbons (Fsp3) is 0. The maximum Gasteiger partial charge on any atom is 0.166 e. The quantitative estimate of drug-likeness (QED) is 0.169. The number of thiophene rings is 1. The molecule has 11 rings (SSSR count). The second-order valence-electron chi connectivity index (χ2n) is 14.3. The summed E-state index contributed by atoms with van der Waals surface area (Å²) in [5.74, 6) is 1.65. The van der Waals surface area contributed by atoms with Crippen LogP contribution < -0.4 is 0 Å². The summed E-state index contributed by atoms with van der Waals surface area (Å²) in [4.78, 5) is 15.5. The van der Waals surface area contributed by atoms with Crippen molar-refractivity contribution in [2.75, 3.05) is 0 Å². The van der Waals surface area contributed by atoms with Gasteiger partial charge in [-0.25, -0.2) is 15.0 Å². The summed E-state index contributed by atoms with van der Waals surface area (Å²) in [5, 5.41) is 14.5. The number of fused-ring (bicyclic) bond motifs is 6. The first-order chi connectivity index (χ1) is 28.7. The number of hydrogen-bond acceptors (Lipinski definition) is 5. The average molecular weight is 758 g/mol. The molecule has 8 aromatic carbocycles. The third-order valence-electron chi connectivity index (χ3n) is 10.9. The summed E-state index contributed by atoms with van der Waals surface area (Å²) in [6.45, 7) is 0. The summed E-state index contributed by atoms with van der Waals surface area (Å²) < 4.78 is 4.89. The van der Waals surface area contributed by atoms with Crippen LogP contribution in [0.3, 0.4) is 0 Å². The molecular weight excluding hydrogens is 727 g/mol. The molecular formula is C52H31N5S. The molecule has 0 atom stereocenters. The van der Waals surface area contributed by atoms with Gasteiger partial charge in [0.25, 0.3) is 0 Å². The number of rotatable bonds is 6. The van der Waals surface area contributed by atoms with Gasteiger partial charge in [0.1, 0.15) is 0 Å². The average Bonchev–Trinajstić information content (AvgIpc) is 3.85. The zero-order chi connectivity index (χ0) is 38.6. The van der Waals surface area contributed by atoms with Crippen LogP contribution in [0.15, 0.2) is 188 Å². The number of aromatic nitrogens is 4. The van der Waals surface area contributed by atoms with Gasteiger partial charge < -0.3 is 4.57 Å². The van der Waals surface area contributed by atoms with Crippen LogP contribution in [0.1, 0.15) is 5.56 Å². The van der Waals surface area contributed by atoms with E-state index in [0.717, 1.165) is 50.1 Å². The van der Waals surface area contributed by atoms with Gasteiger partial charge >= 0.3 is 0 Å². The number of para-hydroxylation sites is 2. The molecule has 0 aliphatic carbocycles. The number of nitrogens with zero attached hydrogens (tertiary/aromatic N) is 5. The predicted molar refractivity (Wildman–Crippen MR) is 239 cm³/mol. The van der Waals surface area contributed by atoms with Gasteiger partial charge in [-0.15, -0.1) is 11.3 Å². The van der Waals surface area contributed by atoms with Crippen molar-refractivity contribution in [3.8, 4) is 68.2 Å². The molecule has 5 nitrogen and oxygen atoms in total. The van der Waals surface area contributed by atoms with Crippen molar-refractivity contribution < 1.29 is 0 Å². The minimum Gasteiger partial charge on any atom is -0.308 e. The first-order valence-electron chi connectivity index (χ1n) is 19.2. The van der Waals surface area contributed by atoms with E-state index < -0.39 is 0 Å². The largest absolute Gasteiger partial charge is 0.308 e. The van der Waals surface area contributed by atoms with Crippen molar-refractivity contribution in [1.82, 2.24) is 19.5 Å². The lowest BCUT2D eigenvalue weighted by Crippen LogP contribution is -2.04. The molecule has 0 spiro atoms. The van der Waals surface area contributed by atoms with Crippen molar-refractivity contribution in [3.63, 3.8) is 0 Å². The molecule has 0 saturated carbocycles. The molecule has 0 N–H and O–H groups in total. The van der Waals surface area contributed by atoms with Crippen LogP contribution in [0.25, 0.3) is 104 Å². The molecule has 0 radical (unpaired) electrons. The lowest BCUT2D eigenvalue weighted by molar-refractivity contribution is 1.06.